The van der Waals surface area contributed by atoms with E-state index >= 15 is 0 Å². The minimum absolute atomic E-state index is 0.166. The van der Waals surface area contributed by atoms with Gasteiger partial charge in [-0.05, 0) is 11.1 Å². The van der Waals surface area contributed by atoms with E-state index in [0.717, 1.165) is 17.7 Å². The maximum Gasteiger partial charge on any atom is 0.254 e. The molecule has 0 radical (unpaired) electrons. The zero-order chi connectivity index (χ0) is 14.8. The molecule has 1 aromatic rings. The number of fused-ring (bicyclic) bond motifs is 1. The first-order valence-electron chi connectivity index (χ1n) is 7.15. The zero-order valence-electron chi connectivity index (χ0n) is 11.7. The van der Waals surface area contributed by atoms with E-state index in [-0.39, 0.29) is 5.91 Å². The van der Waals surface area contributed by atoms with Crippen LogP contribution in [0.1, 0.15) is 11.1 Å². The highest BCUT2D eigenvalue weighted by molar-refractivity contribution is 5.89. The van der Waals surface area contributed by atoms with Gasteiger partial charge in [-0.25, -0.2) is 0 Å². The molecule has 3 N–H and O–H groups in total. The normalized spacial score (nSPS) is 25.2. The minimum Gasteiger partial charge on any atom is -0.368 e. The van der Waals surface area contributed by atoms with Gasteiger partial charge in [0.15, 0.2) is 0 Å². The second kappa shape index (κ2) is 5.83. The summed E-state index contributed by atoms with van der Waals surface area (Å²) >= 11 is 0. The summed E-state index contributed by atoms with van der Waals surface area (Å²) in [6.07, 6.45) is -0.0666. The maximum absolute atomic E-state index is 12.6. The largest absolute Gasteiger partial charge is 0.368 e. The van der Waals surface area contributed by atoms with Gasteiger partial charge in [-0.1, -0.05) is 24.3 Å². The summed E-state index contributed by atoms with van der Waals surface area (Å²) in [4.78, 5) is 25.9. The fourth-order valence-corrected chi connectivity index (χ4v) is 2.92. The molecule has 3 rings (SSSR count). The first-order valence-corrected chi connectivity index (χ1v) is 7.15. The van der Waals surface area contributed by atoms with Crippen LogP contribution < -0.4 is 11.1 Å². The second-order valence-electron chi connectivity index (χ2n) is 5.42. The van der Waals surface area contributed by atoms with E-state index in [4.69, 9.17) is 10.5 Å². The van der Waals surface area contributed by atoms with Crippen molar-refractivity contribution in [1.82, 2.24) is 10.2 Å². The van der Waals surface area contributed by atoms with Gasteiger partial charge in [-0.3, -0.25) is 9.59 Å². The van der Waals surface area contributed by atoms with Gasteiger partial charge < -0.3 is 20.7 Å². The van der Waals surface area contributed by atoms with Gasteiger partial charge in [0, 0.05) is 26.1 Å². The number of morpholine rings is 1. The highest BCUT2D eigenvalue weighted by Gasteiger charge is 2.37. The summed E-state index contributed by atoms with van der Waals surface area (Å²) < 4.78 is 5.50. The first kappa shape index (κ1) is 14.0. The lowest BCUT2D eigenvalue weighted by Crippen LogP contribution is -2.57. The van der Waals surface area contributed by atoms with Crippen molar-refractivity contribution in [3.8, 4) is 0 Å². The monoisotopic (exact) mass is 289 g/mol. The van der Waals surface area contributed by atoms with Crippen LogP contribution in [0.3, 0.4) is 0 Å². The summed E-state index contributed by atoms with van der Waals surface area (Å²) in [6, 6.07) is 7.23. The molecule has 0 aromatic heterocycles. The van der Waals surface area contributed by atoms with E-state index in [1.807, 2.05) is 24.3 Å². The smallest absolute Gasteiger partial charge is 0.254 e. The van der Waals surface area contributed by atoms with Crippen molar-refractivity contribution in [2.75, 3.05) is 19.7 Å². The van der Waals surface area contributed by atoms with Gasteiger partial charge in [0.2, 0.25) is 5.91 Å². The van der Waals surface area contributed by atoms with Crippen LogP contribution in [0.5, 0.6) is 0 Å². The van der Waals surface area contributed by atoms with Gasteiger partial charge in [0.25, 0.3) is 5.91 Å². The summed E-state index contributed by atoms with van der Waals surface area (Å²) in [7, 11) is 0. The Morgan fingerprint density at radius 1 is 1.29 bits per heavy atom. The summed E-state index contributed by atoms with van der Waals surface area (Å²) in [5.74, 6) is -0.637. The van der Waals surface area contributed by atoms with Crippen molar-refractivity contribution in [2.45, 2.75) is 25.1 Å². The third-order valence-corrected chi connectivity index (χ3v) is 4.06. The number of nitrogens with one attached hydrogen (secondary N) is 1. The minimum atomic E-state index is -0.599. The number of hydrogen-bond donors (Lipinski definition) is 2. The van der Waals surface area contributed by atoms with Crippen LogP contribution in [0, 0.1) is 0 Å². The second-order valence-corrected chi connectivity index (χ2v) is 5.42. The van der Waals surface area contributed by atoms with E-state index in [9.17, 15) is 9.59 Å². The molecule has 0 bridgehead atoms. The van der Waals surface area contributed by atoms with Crippen molar-refractivity contribution in [3.63, 3.8) is 0 Å². The summed E-state index contributed by atoms with van der Waals surface area (Å²) in [5.41, 5.74) is 7.63. The lowest BCUT2D eigenvalue weighted by molar-refractivity contribution is -0.152. The summed E-state index contributed by atoms with van der Waals surface area (Å²) in [6.45, 7) is 2.12. The van der Waals surface area contributed by atoms with Crippen LogP contribution in [-0.4, -0.2) is 48.6 Å². The molecule has 1 aromatic carbocycles. The number of nitrogens with zero attached hydrogens (tertiary/aromatic N) is 1. The number of primary amides is 1. The number of benzene rings is 1. The third-order valence-electron chi connectivity index (χ3n) is 4.06. The van der Waals surface area contributed by atoms with Crippen molar-refractivity contribution < 1.29 is 14.3 Å². The number of ether oxygens (including phenoxy) is 1. The Hall–Kier alpha value is -1.92. The molecule has 112 valence electrons. The Labute approximate surface area is 123 Å². The molecule has 0 spiro atoms. The molecule has 6 nitrogen and oxygen atoms in total. The topological polar surface area (TPSA) is 84.7 Å². The third kappa shape index (κ3) is 2.77. The fraction of sp³-hybridized carbons (Fsp3) is 0.467. The molecule has 0 aliphatic carbocycles. The molecule has 2 amide bonds. The number of nitrogens with two attached hydrogens (primary N) is 1. The van der Waals surface area contributed by atoms with Crippen LogP contribution in [0.15, 0.2) is 24.3 Å². The SMILES string of the molecule is NC(=O)C1Cc2ccccc2CN1C(=O)[C@H]1CNCCO1. The molecule has 6 heteroatoms. The molecular weight excluding hydrogens is 270 g/mol. The Balaban J connectivity index is 1.85. The van der Waals surface area contributed by atoms with Gasteiger partial charge >= 0.3 is 0 Å². The first-order chi connectivity index (χ1) is 10.2. The molecule has 1 fully saturated rings. The standard InChI is InChI=1S/C15H19N3O3/c16-14(19)12-7-10-3-1-2-4-11(10)9-18(12)15(20)13-8-17-5-6-21-13/h1-4,12-13,17H,5-9H2,(H2,16,19)/t12?,13-/m1/s1. The van der Waals surface area contributed by atoms with E-state index in [1.165, 1.54) is 0 Å². The predicted octanol–water partition coefficient (Wildman–Crippen LogP) is -0.586. The van der Waals surface area contributed by atoms with Crippen molar-refractivity contribution >= 4 is 11.8 Å². The zero-order valence-corrected chi connectivity index (χ0v) is 11.7. The quantitative estimate of drug-likeness (QED) is 0.762. The molecule has 1 unspecified atom stereocenters. The Morgan fingerprint density at radius 3 is 2.71 bits per heavy atom. The average Bonchev–Trinajstić information content (AvgIpc) is 2.53. The average molecular weight is 289 g/mol. The van der Waals surface area contributed by atoms with Crippen LogP contribution >= 0.6 is 0 Å². The predicted molar refractivity (Wildman–Crippen MR) is 76.3 cm³/mol. The molecule has 2 heterocycles. The van der Waals surface area contributed by atoms with Crippen LogP contribution in [0.4, 0.5) is 0 Å². The van der Waals surface area contributed by atoms with Crippen LogP contribution in [-0.2, 0) is 27.3 Å². The van der Waals surface area contributed by atoms with Crippen molar-refractivity contribution in [2.24, 2.45) is 5.73 Å². The Morgan fingerprint density at radius 2 is 2.05 bits per heavy atom. The molecule has 1 saturated heterocycles. The number of carbonyl (C=O) groups is 2. The molecule has 2 atom stereocenters. The Kier molecular flexibility index (Phi) is 3.90. The van der Waals surface area contributed by atoms with E-state index in [1.54, 1.807) is 4.90 Å². The summed E-state index contributed by atoms with van der Waals surface area (Å²) in [5, 5.41) is 3.13. The lowest BCUT2D eigenvalue weighted by Gasteiger charge is -2.37. The highest BCUT2D eigenvalue weighted by Crippen LogP contribution is 2.24. The van der Waals surface area contributed by atoms with E-state index < -0.39 is 18.1 Å². The van der Waals surface area contributed by atoms with E-state index in [2.05, 4.69) is 5.32 Å². The van der Waals surface area contributed by atoms with Crippen molar-refractivity contribution in [3.05, 3.63) is 35.4 Å². The van der Waals surface area contributed by atoms with Gasteiger partial charge in [-0.2, -0.15) is 0 Å². The molecule has 21 heavy (non-hydrogen) atoms. The van der Waals surface area contributed by atoms with Crippen LogP contribution in [0.2, 0.25) is 0 Å². The maximum atomic E-state index is 12.6. The molecule has 0 saturated carbocycles. The van der Waals surface area contributed by atoms with Gasteiger partial charge in [0.05, 0.1) is 6.61 Å². The van der Waals surface area contributed by atoms with E-state index in [0.29, 0.717) is 26.1 Å². The van der Waals surface area contributed by atoms with Crippen LogP contribution in [0.25, 0.3) is 0 Å². The molecular formula is C15H19N3O3. The van der Waals surface area contributed by atoms with Gasteiger partial charge in [-0.15, -0.1) is 0 Å². The molecule has 2 aliphatic rings. The van der Waals surface area contributed by atoms with Crippen molar-refractivity contribution in [1.29, 1.82) is 0 Å². The number of hydrogen-bond acceptors (Lipinski definition) is 4. The number of carbonyl (C=O) groups excluding carboxylic acids is 2. The lowest BCUT2D eigenvalue weighted by atomic mass is 9.93. The highest BCUT2D eigenvalue weighted by atomic mass is 16.5. The fourth-order valence-electron chi connectivity index (χ4n) is 2.92. The van der Waals surface area contributed by atoms with Gasteiger partial charge in [0.1, 0.15) is 12.1 Å². The molecule has 2 aliphatic heterocycles. The number of amides is 2. The Bertz CT molecular complexity index is 555. The number of rotatable bonds is 2.